The van der Waals surface area contributed by atoms with Crippen molar-refractivity contribution < 1.29 is 57.9 Å². The van der Waals surface area contributed by atoms with Crippen molar-refractivity contribution in [2.45, 2.75) is 55.9 Å². The predicted molar refractivity (Wildman–Crippen MR) is 202 cm³/mol. The summed E-state index contributed by atoms with van der Waals surface area (Å²) in [6, 6.07) is 7.55. The molecule has 0 heterocycles. The van der Waals surface area contributed by atoms with Crippen molar-refractivity contribution in [1.82, 2.24) is 26.6 Å². The van der Waals surface area contributed by atoms with E-state index in [0.29, 0.717) is 22.6 Å². The molecule has 2 rings (SSSR count). The lowest BCUT2D eigenvalue weighted by Gasteiger charge is -2.27. The van der Waals surface area contributed by atoms with Gasteiger partial charge in [-0.3, -0.25) is 33.8 Å². The highest BCUT2D eigenvalue weighted by Crippen LogP contribution is 2.37. The summed E-state index contributed by atoms with van der Waals surface area (Å²) in [6.07, 6.45) is 3.65. The highest BCUT2D eigenvalue weighted by atomic mass is 32.2. The monoisotopic (exact) mass is 814 g/mol. The van der Waals surface area contributed by atoms with Gasteiger partial charge in [-0.2, -0.15) is 23.5 Å². The molecule has 2 aromatic rings. The van der Waals surface area contributed by atoms with Crippen molar-refractivity contribution in [2.24, 2.45) is 5.73 Å². The Hall–Kier alpha value is -4.17. The molecule has 0 bridgehead atoms. The van der Waals surface area contributed by atoms with Crippen LogP contribution in [0.15, 0.2) is 54.6 Å². The van der Waals surface area contributed by atoms with E-state index in [1.54, 1.807) is 42.8 Å². The van der Waals surface area contributed by atoms with Crippen molar-refractivity contribution in [2.75, 3.05) is 37.2 Å². The van der Waals surface area contributed by atoms with E-state index in [9.17, 15) is 43.5 Å². The van der Waals surface area contributed by atoms with Gasteiger partial charge in [0.05, 0.1) is 13.2 Å². The first kappa shape index (κ1) is 46.0. The fraction of sp³-hybridized carbons (Fsp3) is 0.455. The molecule has 18 nitrogen and oxygen atoms in total. The number of aliphatic hydroxyl groups is 1. The molecule has 2 aromatic carbocycles. The van der Waals surface area contributed by atoms with E-state index in [1.165, 1.54) is 47.8 Å². The number of hydrogen-bond acceptors (Lipinski definition) is 12. The van der Waals surface area contributed by atoms with Crippen LogP contribution in [0.25, 0.3) is 0 Å². The van der Waals surface area contributed by atoms with Crippen LogP contribution in [0.5, 0.6) is 5.75 Å². The zero-order valence-electron chi connectivity index (χ0n) is 29.6. The molecule has 5 atom stereocenters. The van der Waals surface area contributed by atoms with Gasteiger partial charge in [-0.25, -0.2) is 9.36 Å². The van der Waals surface area contributed by atoms with Crippen molar-refractivity contribution in [1.29, 1.82) is 0 Å². The van der Waals surface area contributed by atoms with E-state index in [-0.39, 0.29) is 31.4 Å². The second kappa shape index (κ2) is 23.6. The maximum absolute atomic E-state index is 13.9. The zero-order chi connectivity index (χ0) is 40.3. The van der Waals surface area contributed by atoms with E-state index in [0.717, 1.165) is 0 Å². The predicted octanol–water partition coefficient (Wildman–Crippen LogP) is -1.09. The quantitative estimate of drug-likeness (QED) is 0.0564. The molecule has 0 aromatic heterocycles. The topological polar surface area (TPSA) is 296 Å². The Kier molecular flexibility index (Phi) is 20.1. The van der Waals surface area contributed by atoms with E-state index < -0.39 is 86.7 Å². The van der Waals surface area contributed by atoms with Gasteiger partial charge in [0.15, 0.2) is 0 Å². The van der Waals surface area contributed by atoms with Crippen molar-refractivity contribution >= 4 is 66.9 Å². The highest BCUT2D eigenvalue weighted by Gasteiger charge is 2.32. The molecule has 5 amide bonds. The fourth-order valence-electron chi connectivity index (χ4n) is 4.86. The summed E-state index contributed by atoms with van der Waals surface area (Å²) >= 11 is 2.77. The Morgan fingerprint density at radius 1 is 0.685 bits per heavy atom. The van der Waals surface area contributed by atoms with Crippen LogP contribution in [0.3, 0.4) is 0 Å². The Bertz CT molecular complexity index is 1600. The minimum atomic E-state index is -4.81. The maximum Gasteiger partial charge on any atom is 0.524 e. The largest absolute Gasteiger partial charge is 0.524 e. The number of phosphoric ester groups is 1. The first-order valence-electron chi connectivity index (χ1n) is 16.5. The van der Waals surface area contributed by atoms with E-state index in [2.05, 4.69) is 31.1 Å². The van der Waals surface area contributed by atoms with Crippen LogP contribution in [0, 0.1) is 0 Å². The number of aliphatic carboxylic acids is 1. The number of thioether (sulfide) groups is 2. The lowest BCUT2D eigenvalue weighted by Crippen LogP contribution is -2.59. The second-order valence-electron chi connectivity index (χ2n) is 11.8. The minimum Gasteiger partial charge on any atom is -0.480 e. The fourth-order valence-corrected chi connectivity index (χ4v) is 6.20. The van der Waals surface area contributed by atoms with Gasteiger partial charge in [0, 0.05) is 12.8 Å². The number of carboxylic acids is 1. The number of benzene rings is 2. The van der Waals surface area contributed by atoms with Gasteiger partial charge in [0.1, 0.15) is 36.0 Å². The van der Waals surface area contributed by atoms with Gasteiger partial charge >= 0.3 is 13.8 Å². The Morgan fingerprint density at radius 3 is 1.54 bits per heavy atom. The number of hydrogen-bond donors (Lipinski definition) is 10. The number of carboxylic acid groups (broad SMARTS) is 1. The molecule has 0 saturated carbocycles. The molecule has 0 aliphatic heterocycles. The van der Waals surface area contributed by atoms with Crippen molar-refractivity contribution in [3.8, 4) is 5.75 Å². The molecule has 0 spiro atoms. The molecule has 0 unspecified atom stereocenters. The van der Waals surface area contributed by atoms with Gasteiger partial charge in [0.2, 0.25) is 29.5 Å². The Labute approximate surface area is 320 Å². The molecule has 0 aliphatic rings. The SMILES string of the molecule is CSCC[C@H](NC(=O)[C@H](Cc1ccccc1)NC(=O)[C@H](CCSC)NC(=O)[C@H](Cc1ccc(OP(=O)(O)O)cc1)NC(=O)CN)C(=O)N[C@@H](CO)C(=O)O. The maximum atomic E-state index is 13.9. The van der Waals surface area contributed by atoms with Crippen LogP contribution in [-0.4, -0.2) is 123 Å². The summed E-state index contributed by atoms with van der Waals surface area (Å²) in [7, 11) is -4.81. The standard InChI is InChI=1S/C33H47N6O12PS2/c1-53-14-12-23(36-31(44)25(35-28(41)18-34)17-21-8-10-22(11-9-21)51-52(48,49)50)29(42)38-26(16-20-6-4-3-5-7-20)32(45)37-24(13-15-54-2)30(43)39-27(19-40)33(46)47/h3-11,23-27,40H,12-19,34H2,1-2H3,(H,35,41)(H,36,44)(H,37,45)(H,38,42)(H,39,43)(H,46,47)(H2,48,49,50)/t23-,24-,25-,26-,27-/m0/s1. The molecule has 21 heteroatoms. The van der Waals surface area contributed by atoms with Gasteiger partial charge in [-0.1, -0.05) is 42.5 Å². The van der Waals surface area contributed by atoms with Crippen LogP contribution in [-0.2, 0) is 46.2 Å². The molecular weight excluding hydrogens is 768 g/mol. The number of amides is 5. The highest BCUT2D eigenvalue weighted by molar-refractivity contribution is 7.98. The third kappa shape index (κ3) is 16.9. The zero-order valence-corrected chi connectivity index (χ0v) is 32.2. The smallest absolute Gasteiger partial charge is 0.480 e. The second-order valence-corrected chi connectivity index (χ2v) is 14.9. The first-order valence-corrected chi connectivity index (χ1v) is 20.8. The number of rotatable bonds is 24. The van der Waals surface area contributed by atoms with Crippen LogP contribution in [0.4, 0.5) is 0 Å². The molecule has 0 aliphatic carbocycles. The third-order valence-electron chi connectivity index (χ3n) is 7.62. The molecular formula is C33H47N6O12PS2. The summed E-state index contributed by atoms with van der Waals surface area (Å²) in [5.41, 5.74) is 6.59. The van der Waals surface area contributed by atoms with E-state index in [1.807, 2.05) is 0 Å². The summed E-state index contributed by atoms with van der Waals surface area (Å²) in [4.78, 5) is 96.2. The lowest BCUT2D eigenvalue weighted by molar-refractivity contribution is -0.143. The molecule has 0 radical (unpaired) electrons. The minimum absolute atomic E-state index is 0.0240. The van der Waals surface area contributed by atoms with Gasteiger partial charge in [0.25, 0.3) is 0 Å². The number of aliphatic hydroxyl groups excluding tert-OH is 1. The summed E-state index contributed by atoms with van der Waals surface area (Å²) in [6.45, 7) is -1.32. The van der Waals surface area contributed by atoms with Crippen LogP contribution < -0.4 is 36.8 Å². The summed E-state index contributed by atoms with van der Waals surface area (Å²) < 4.78 is 15.7. The van der Waals surface area contributed by atoms with Crippen molar-refractivity contribution in [3.05, 3.63) is 65.7 Å². The van der Waals surface area contributed by atoms with Crippen LogP contribution in [0.2, 0.25) is 0 Å². The average Bonchev–Trinajstić information content (AvgIpc) is 3.13. The molecule has 54 heavy (non-hydrogen) atoms. The number of nitrogens with one attached hydrogen (secondary N) is 5. The van der Waals surface area contributed by atoms with Gasteiger partial charge < -0.3 is 47.1 Å². The summed E-state index contributed by atoms with van der Waals surface area (Å²) in [5, 5.41) is 31.3. The Balaban J connectivity index is 2.35. The number of nitrogens with two attached hydrogens (primary N) is 1. The normalized spacial score (nSPS) is 14.0. The average molecular weight is 815 g/mol. The van der Waals surface area contributed by atoms with Gasteiger partial charge in [-0.05, 0) is 60.1 Å². The molecule has 298 valence electrons. The third-order valence-corrected chi connectivity index (χ3v) is 9.36. The Morgan fingerprint density at radius 2 is 1.11 bits per heavy atom. The lowest BCUT2D eigenvalue weighted by atomic mass is 10.0. The van der Waals surface area contributed by atoms with Crippen LogP contribution >= 0.6 is 31.3 Å². The number of phosphoric acid groups is 1. The molecule has 0 fully saturated rings. The number of carbonyl (C=O) groups excluding carboxylic acids is 5. The van der Waals surface area contributed by atoms with E-state index >= 15 is 0 Å². The molecule has 11 N–H and O–H groups in total. The van der Waals surface area contributed by atoms with Gasteiger partial charge in [-0.15, -0.1) is 0 Å². The van der Waals surface area contributed by atoms with E-state index in [4.69, 9.17) is 15.5 Å². The first-order chi connectivity index (χ1) is 25.6. The number of carbonyl (C=O) groups is 6. The summed E-state index contributed by atoms with van der Waals surface area (Å²) in [5.74, 6) is -4.58. The van der Waals surface area contributed by atoms with Crippen molar-refractivity contribution in [3.63, 3.8) is 0 Å². The molecule has 0 saturated heterocycles. The van der Waals surface area contributed by atoms with Crippen LogP contribution in [0.1, 0.15) is 24.0 Å².